The van der Waals surface area contributed by atoms with Crippen LogP contribution in [0.3, 0.4) is 0 Å². The number of aliphatic hydroxyl groups is 1. The molecule has 0 heterocycles. The lowest BCUT2D eigenvalue weighted by molar-refractivity contribution is -0.0271. The summed E-state index contributed by atoms with van der Waals surface area (Å²) in [4.78, 5) is 0. The van der Waals surface area contributed by atoms with Crippen LogP contribution in [-0.4, -0.2) is 25.7 Å². The van der Waals surface area contributed by atoms with Crippen molar-refractivity contribution >= 4 is 10.0 Å². The highest BCUT2D eigenvalue weighted by Gasteiger charge is 2.35. The number of hydrogen-bond donors (Lipinski definition) is 2. The lowest BCUT2D eigenvalue weighted by atomic mass is 9.81. The summed E-state index contributed by atoms with van der Waals surface area (Å²) in [7, 11) is -3.62. The number of halogens is 1. The van der Waals surface area contributed by atoms with Crippen molar-refractivity contribution in [2.24, 2.45) is 0 Å². The molecule has 0 radical (unpaired) electrons. The first-order valence-electron chi connectivity index (χ1n) is 5.83. The summed E-state index contributed by atoms with van der Waals surface area (Å²) in [5, 5.41) is 9.79. The van der Waals surface area contributed by atoms with Gasteiger partial charge in [0.25, 0.3) is 0 Å². The molecule has 1 aliphatic carbocycles. The summed E-state index contributed by atoms with van der Waals surface area (Å²) in [6.07, 6.45) is 2.12. The van der Waals surface area contributed by atoms with Gasteiger partial charge < -0.3 is 5.11 Å². The van der Waals surface area contributed by atoms with Gasteiger partial charge in [0.1, 0.15) is 5.82 Å². The molecule has 1 saturated carbocycles. The molecular weight excluding hydrogens is 257 g/mol. The lowest BCUT2D eigenvalue weighted by Gasteiger charge is -2.36. The second-order valence-electron chi connectivity index (χ2n) is 4.75. The maximum atomic E-state index is 13.3. The summed E-state index contributed by atoms with van der Waals surface area (Å²) >= 11 is 0. The van der Waals surface area contributed by atoms with Crippen molar-refractivity contribution in [3.63, 3.8) is 0 Å². The van der Waals surface area contributed by atoms with Crippen LogP contribution in [0, 0.1) is 5.82 Å². The Hall–Kier alpha value is -0.980. The van der Waals surface area contributed by atoms with E-state index in [2.05, 4.69) is 4.72 Å². The Labute approximate surface area is 106 Å². The minimum Gasteiger partial charge on any atom is -0.389 e. The van der Waals surface area contributed by atoms with E-state index in [0.717, 1.165) is 6.42 Å². The molecule has 1 aliphatic rings. The van der Waals surface area contributed by atoms with Crippen LogP contribution in [0.15, 0.2) is 24.3 Å². The number of sulfonamides is 1. The predicted octanol–water partition coefficient (Wildman–Crippen LogP) is 1.16. The van der Waals surface area contributed by atoms with Crippen molar-refractivity contribution < 1.29 is 17.9 Å². The molecule has 100 valence electrons. The lowest BCUT2D eigenvalue weighted by Crippen LogP contribution is -2.47. The van der Waals surface area contributed by atoms with Gasteiger partial charge in [0, 0.05) is 12.1 Å². The van der Waals surface area contributed by atoms with Crippen LogP contribution < -0.4 is 4.72 Å². The van der Waals surface area contributed by atoms with E-state index in [1.807, 2.05) is 0 Å². The van der Waals surface area contributed by atoms with Crippen molar-refractivity contribution in [3.05, 3.63) is 35.6 Å². The Morgan fingerprint density at radius 1 is 1.33 bits per heavy atom. The maximum absolute atomic E-state index is 13.3. The maximum Gasteiger partial charge on any atom is 0.215 e. The number of rotatable bonds is 5. The van der Waals surface area contributed by atoms with Gasteiger partial charge in [-0.2, -0.15) is 0 Å². The van der Waals surface area contributed by atoms with E-state index in [-0.39, 0.29) is 12.1 Å². The highest BCUT2D eigenvalue weighted by molar-refractivity contribution is 7.88. The van der Waals surface area contributed by atoms with Crippen LogP contribution in [0.25, 0.3) is 0 Å². The zero-order chi connectivity index (χ0) is 13.2. The van der Waals surface area contributed by atoms with Gasteiger partial charge in [-0.1, -0.05) is 18.2 Å². The Kier molecular flexibility index (Phi) is 3.70. The van der Waals surface area contributed by atoms with Crippen molar-refractivity contribution in [1.29, 1.82) is 0 Å². The van der Waals surface area contributed by atoms with E-state index in [1.165, 1.54) is 18.2 Å². The normalized spacial score (nSPS) is 18.3. The van der Waals surface area contributed by atoms with Gasteiger partial charge in [-0.25, -0.2) is 17.5 Å². The summed E-state index contributed by atoms with van der Waals surface area (Å²) < 4.78 is 39.2. The molecule has 18 heavy (non-hydrogen) atoms. The minimum atomic E-state index is -3.62. The topological polar surface area (TPSA) is 66.4 Å². The first kappa shape index (κ1) is 13.5. The van der Waals surface area contributed by atoms with E-state index >= 15 is 0 Å². The summed E-state index contributed by atoms with van der Waals surface area (Å²) in [6.45, 7) is 0.00376. The highest BCUT2D eigenvalue weighted by atomic mass is 32.2. The third kappa shape index (κ3) is 3.28. The largest absolute Gasteiger partial charge is 0.389 e. The van der Waals surface area contributed by atoms with Crippen LogP contribution in [0.2, 0.25) is 0 Å². The van der Waals surface area contributed by atoms with Gasteiger partial charge in [0.05, 0.1) is 11.4 Å². The minimum absolute atomic E-state index is 0.00376. The van der Waals surface area contributed by atoms with Crippen LogP contribution in [0.1, 0.15) is 24.8 Å². The van der Waals surface area contributed by atoms with E-state index in [4.69, 9.17) is 0 Å². The summed E-state index contributed by atoms with van der Waals surface area (Å²) in [6, 6.07) is 5.76. The molecule has 0 unspecified atom stereocenters. The van der Waals surface area contributed by atoms with Gasteiger partial charge in [-0.3, -0.25) is 0 Å². The second kappa shape index (κ2) is 4.95. The number of hydrogen-bond acceptors (Lipinski definition) is 3. The highest BCUT2D eigenvalue weighted by Crippen LogP contribution is 2.30. The summed E-state index contributed by atoms with van der Waals surface area (Å²) in [5.41, 5.74) is -0.784. The third-order valence-electron chi connectivity index (χ3n) is 3.21. The van der Waals surface area contributed by atoms with Crippen molar-refractivity contribution in [3.8, 4) is 0 Å². The first-order valence-corrected chi connectivity index (χ1v) is 7.49. The van der Waals surface area contributed by atoms with Crippen molar-refractivity contribution in [1.82, 2.24) is 4.72 Å². The molecule has 4 nitrogen and oxygen atoms in total. The zero-order valence-electron chi connectivity index (χ0n) is 9.89. The SMILES string of the molecule is O=S(=O)(Cc1ccccc1F)NCC1(O)CCC1. The average Bonchev–Trinajstić information content (AvgIpc) is 2.27. The van der Waals surface area contributed by atoms with Gasteiger partial charge in [0.2, 0.25) is 10.0 Å². The molecular formula is C12H16FNO3S. The van der Waals surface area contributed by atoms with Gasteiger partial charge in [-0.05, 0) is 25.3 Å². The monoisotopic (exact) mass is 273 g/mol. The molecule has 0 saturated heterocycles. The molecule has 0 aliphatic heterocycles. The van der Waals surface area contributed by atoms with E-state index in [1.54, 1.807) is 6.07 Å². The fourth-order valence-corrected chi connectivity index (χ4v) is 3.11. The third-order valence-corrected chi connectivity index (χ3v) is 4.48. The van der Waals surface area contributed by atoms with Crippen LogP contribution in [-0.2, 0) is 15.8 Å². The Morgan fingerprint density at radius 3 is 2.56 bits per heavy atom. The fourth-order valence-electron chi connectivity index (χ4n) is 1.88. The number of benzene rings is 1. The molecule has 2 rings (SSSR count). The Balaban J connectivity index is 1.97. The Morgan fingerprint density at radius 2 is 2.00 bits per heavy atom. The quantitative estimate of drug-likeness (QED) is 0.846. The van der Waals surface area contributed by atoms with Crippen LogP contribution >= 0.6 is 0 Å². The molecule has 0 atom stereocenters. The molecule has 0 amide bonds. The summed E-state index contributed by atoms with van der Waals surface area (Å²) in [5.74, 6) is -0.944. The fraction of sp³-hybridized carbons (Fsp3) is 0.500. The van der Waals surface area contributed by atoms with E-state index in [0.29, 0.717) is 12.8 Å². The molecule has 1 aromatic carbocycles. The van der Waals surface area contributed by atoms with Gasteiger partial charge in [0.15, 0.2) is 0 Å². The van der Waals surface area contributed by atoms with Crippen molar-refractivity contribution in [2.45, 2.75) is 30.6 Å². The zero-order valence-corrected chi connectivity index (χ0v) is 10.7. The predicted molar refractivity (Wildman–Crippen MR) is 65.8 cm³/mol. The molecule has 0 aromatic heterocycles. The molecule has 6 heteroatoms. The van der Waals surface area contributed by atoms with E-state index < -0.39 is 27.2 Å². The molecule has 2 N–H and O–H groups in total. The smallest absolute Gasteiger partial charge is 0.215 e. The molecule has 1 fully saturated rings. The number of nitrogens with one attached hydrogen (secondary N) is 1. The Bertz CT molecular complexity index is 526. The van der Waals surface area contributed by atoms with Gasteiger partial charge >= 0.3 is 0 Å². The first-order chi connectivity index (χ1) is 8.40. The second-order valence-corrected chi connectivity index (χ2v) is 6.56. The van der Waals surface area contributed by atoms with Crippen molar-refractivity contribution in [2.75, 3.05) is 6.54 Å². The molecule has 0 spiro atoms. The van der Waals surface area contributed by atoms with E-state index in [9.17, 15) is 17.9 Å². The molecule has 1 aromatic rings. The van der Waals surface area contributed by atoms with Crippen LogP contribution in [0.4, 0.5) is 4.39 Å². The average molecular weight is 273 g/mol. The van der Waals surface area contributed by atoms with Crippen LogP contribution in [0.5, 0.6) is 0 Å². The molecule has 0 bridgehead atoms. The standard InChI is InChI=1S/C12H16FNO3S/c13-11-5-2-1-4-10(11)8-18(16,17)14-9-12(15)6-3-7-12/h1-2,4-5,14-15H,3,6-9H2. The van der Waals surface area contributed by atoms with Gasteiger partial charge in [-0.15, -0.1) is 0 Å².